The fraction of sp³-hybridized carbons (Fsp3) is 0.583. The molecule has 0 radical (unpaired) electrons. The number of carbonyl (C=O) groups is 1. The smallest absolute Gasteiger partial charge is 0.308 e. The van der Waals surface area contributed by atoms with Crippen LogP contribution in [0.15, 0.2) is 18.5 Å². The Hall–Kier alpha value is 0.0400. The summed E-state index contributed by atoms with van der Waals surface area (Å²) in [6, 6.07) is 1.44. The van der Waals surface area contributed by atoms with Crippen LogP contribution in [0, 0.1) is 5.92 Å². The van der Waals surface area contributed by atoms with Gasteiger partial charge in [0.15, 0.2) is 0 Å². The number of thiophene rings is 1. The molecule has 0 aliphatic heterocycles. The van der Waals surface area contributed by atoms with Gasteiger partial charge in [-0.15, -0.1) is 11.3 Å². The third kappa shape index (κ3) is 4.28. The normalized spacial score (nSPS) is 23.0. The number of rotatable bonds is 4. The van der Waals surface area contributed by atoms with E-state index in [1.807, 2.05) is 0 Å². The van der Waals surface area contributed by atoms with Crippen molar-refractivity contribution in [2.45, 2.75) is 36.6 Å². The molecule has 0 atom stereocenters. The van der Waals surface area contributed by atoms with Gasteiger partial charge in [0.05, 0.1) is 20.6 Å². The van der Waals surface area contributed by atoms with Gasteiger partial charge in [-0.1, -0.05) is 0 Å². The van der Waals surface area contributed by atoms with Crippen molar-refractivity contribution in [2.75, 3.05) is 7.11 Å². The molecule has 0 spiro atoms. The molecule has 118 valence electrons. The average molecular weight is 461 g/mol. The lowest BCUT2D eigenvalue weighted by molar-refractivity contribution is -0.146. The maximum atomic E-state index is 12.4. The zero-order chi connectivity index (χ0) is 15.6. The highest BCUT2D eigenvalue weighted by atomic mass is 79.9. The molecule has 21 heavy (non-hydrogen) atoms. The summed E-state index contributed by atoms with van der Waals surface area (Å²) in [5.41, 5.74) is 0. The number of sulfonamides is 1. The van der Waals surface area contributed by atoms with E-state index in [1.54, 1.807) is 6.07 Å². The van der Waals surface area contributed by atoms with Gasteiger partial charge in [0.2, 0.25) is 10.0 Å². The van der Waals surface area contributed by atoms with E-state index in [0.29, 0.717) is 29.5 Å². The van der Waals surface area contributed by atoms with Crippen molar-refractivity contribution in [3.05, 3.63) is 13.6 Å². The Bertz CT molecular complexity index is 621. The van der Waals surface area contributed by atoms with E-state index in [-0.39, 0.29) is 22.8 Å². The molecule has 0 amide bonds. The second kappa shape index (κ2) is 7.08. The molecule has 1 heterocycles. The van der Waals surface area contributed by atoms with Crippen molar-refractivity contribution >= 4 is 59.2 Å². The molecule has 0 aromatic carbocycles. The van der Waals surface area contributed by atoms with Crippen molar-refractivity contribution in [1.82, 2.24) is 4.72 Å². The molecule has 1 aromatic heterocycles. The Labute approximate surface area is 144 Å². The summed E-state index contributed by atoms with van der Waals surface area (Å²) in [4.78, 5) is 11.7. The van der Waals surface area contributed by atoms with Crippen LogP contribution >= 0.6 is 43.2 Å². The molecule has 1 fully saturated rings. The Morgan fingerprint density at radius 2 is 1.95 bits per heavy atom. The molecule has 0 saturated heterocycles. The number of nitrogens with one attached hydrogen (secondary N) is 1. The summed E-state index contributed by atoms with van der Waals surface area (Å²) in [6.07, 6.45) is 2.58. The van der Waals surface area contributed by atoms with Crippen LogP contribution in [0.4, 0.5) is 0 Å². The summed E-state index contributed by atoms with van der Waals surface area (Å²) in [7, 11) is -2.17. The molecule has 1 saturated carbocycles. The average Bonchev–Trinajstić information content (AvgIpc) is 2.78. The van der Waals surface area contributed by atoms with Crippen molar-refractivity contribution in [3.8, 4) is 0 Å². The fourth-order valence-electron chi connectivity index (χ4n) is 2.40. The minimum atomic E-state index is -3.55. The van der Waals surface area contributed by atoms with Crippen LogP contribution in [0.5, 0.6) is 0 Å². The first-order valence-electron chi connectivity index (χ1n) is 6.38. The Morgan fingerprint density at radius 3 is 2.43 bits per heavy atom. The number of ether oxygens (including phenoxy) is 1. The number of halogens is 2. The van der Waals surface area contributed by atoms with Gasteiger partial charge in [-0.3, -0.25) is 4.79 Å². The van der Waals surface area contributed by atoms with Crippen LogP contribution in [0.1, 0.15) is 25.7 Å². The summed E-state index contributed by atoms with van der Waals surface area (Å²) in [5, 5.41) is 0. The third-order valence-electron chi connectivity index (χ3n) is 3.50. The van der Waals surface area contributed by atoms with Gasteiger partial charge in [0.25, 0.3) is 0 Å². The lowest BCUT2D eigenvalue weighted by Crippen LogP contribution is -2.38. The molecule has 1 aromatic rings. The Morgan fingerprint density at radius 1 is 1.33 bits per heavy atom. The highest BCUT2D eigenvalue weighted by Crippen LogP contribution is 2.35. The van der Waals surface area contributed by atoms with Gasteiger partial charge in [-0.2, -0.15) is 0 Å². The number of methoxy groups -OCH3 is 1. The zero-order valence-electron chi connectivity index (χ0n) is 11.3. The quantitative estimate of drug-likeness (QED) is 0.699. The van der Waals surface area contributed by atoms with Gasteiger partial charge in [0.1, 0.15) is 4.90 Å². The van der Waals surface area contributed by atoms with Gasteiger partial charge >= 0.3 is 5.97 Å². The molecule has 0 unspecified atom stereocenters. The third-order valence-corrected chi connectivity index (χ3v) is 7.77. The molecule has 9 heteroatoms. The molecule has 1 aliphatic rings. The molecule has 2 rings (SSSR count). The predicted molar refractivity (Wildman–Crippen MR) is 87.8 cm³/mol. The van der Waals surface area contributed by atoms with Crippen LogP contribution in [-0.4, -0.2) is 27.5 Å². The second-order valence-corrected chi connectivity index (χ2v) is 10.3. The summed E-state index contributed by atoms with van der Waals surface area (Å²) in [5.74, 6) is -0.321. The van der Waals surface area contributed by atoms with E-state index in [2.05, 4.69) is 36.6 Å². The van der Waals surface area contributed by atoms with Crippen LogP contribution < -0.4 is 4.72 Å². The molecular weight excluding hydrogens is 446 g/mol. The highest BCUT2D eigenvalue weighted by molar-refractivity contribution is 9.12. The summed E-state index contributed by atoms with van der Waals surface area (Å²) >= 11 is 7.86. The lowest BCUT2D eigenvalue weighted by Gasteiger charge is -2.27. The van der Waals surface area contributed by atoms with Gasteiger partial charge in [-0.05, 0) is 63.6 Å². The van der Waals surface area contributed by atoms with E-state index in [1.165, 1.54) is 18.4 Å². The largest absolute Gasteiger partial charge is 0.469 e. The van der Waals surface area contributed by atoms with Crippen molar-refractivity contribution in [3.63, 3.8) is 0 Å². The SMILES string of the molecule is COC(=O)C1CCC(NS(=O)(=O)c2cc(Br)sc2Br)CC1. The maximum absolute atomic E-state index is 12.4. The zero-order valence-corrected chi connectivity index (χ0v) is 16.1. The standard InChI is InChI=1S/C12H15Br2NO4S2/c1-19-12(16)7-2-4-8(5-3-7)15-21(17,18)9-6-10(13)20-11(9)14/h6-8,15H,2-5H2,1H3. The monoisotopic (exact) mass is 459 g/mol. The van der Waals surface area contributed by atoms with Gasteiger partial charge in [0, 0.05) is 6.04 Å². The summed E-state index contributed by atoms with van der Waals surface area (Å²) < 4.78 is 33.5. The van der Waals surface area contributed by atoms with Gasteiger partial charge < -0.3 is 4.74 Å². The molecule has 5 nitrogen and oxygen atoms in total. The first kappa shape index (κ1) is 17.4. The molecule has 0 bridgehead atoms. The Balaban J connectivity index is 2.00. The first-order valence-corrected chi connectivity index (χ1v) is 10.3. The van der Waals surface area contributed by atoms with E-state index >= 15 is 0 Å². The molecule has 1 aliphatic carbocycles. The molecule has 1 N–H and O–H groups in total. The van der Waals surface area contributed by atoms with Crippen molar-refractivity contribution in [1.29, 1.82) is 0 Å². The van der Waals surface area contributed by atoms with Crippen LogP contribution in [0.3, 0.4) is 0 Å². The number of hydrogen-bond donors (Lipinski definition) is 1. The van der Waals surface area contributed by atoms with Crippen LogP contribution in [0.25, 0.3) is 0 Å². The topological polar surface area (TPSA) is 72.5 Å². The first-order chi connectivity index (χ1) is 9.83. The lowest BCUT2D eigenvalue weighted by atomic mass is 9.86. The van der Waals surface area contributed by atoms with Crippen LogP contribution in [0.2, 0.25) is 0 Å². The highest BCUT2D eigenvalue weighted by Gasteiger charge is 2.30. The summed E-state index contributed by atoms with van der Waals surface area (Å²) in [6.45, 7) is 0. The van der Waals surface area contributed by atoms with E-state index in [0.717, 1.165) is 3.79 Å². The number of esters is 1. The number of carbonyl (C=O) groups excluding carboxylic acids is 1. The fourth-order valence-corrected chi connectivity index (χ4v) is 7.52. The van der Waals surface area contributed by atoms with E-state index in [4.69, 9.17) is 4.74 Å². The van der Waals surface area contributed by atoms with E-state index in [9.17, 15) is 13.2 Å². The van der Waals surface area contributed by atoms with E-state index < -0.39 is 10.0 Å². The second-order valence-electron chi connectivity index (χ2n) is 4.88. The predicted octanol–water partition coefficient (Wildman–Crippen LogP) is 3.28. The van der Waals surface area contributed by atoms with Crippen molar-refractivity contribution in [2.24, 2.45) is 5.92 Å². The minimum absolute atomic E-state index is 0.113. The van der Waals surface area contributed by atoms with Crippen LogP contribution in [-0.2, 0) is 19.6 Å². The maximum Gasteiger partial charge on any atom is 0.308 e. The minimum Gasteiger partial charge on any atom is -0.469 e. The van der Waals surface area contributed by atoms with Crippen molar-refractivity contribution < 1.29 is 17.9 Å². The molecular formula is C12H15Br2NO4S2. The van der Waals surface area contributed by atoms with Gasteiger partial charge in [-0.25, -0.2) is 13.1 Å². The number of hydrogen-bond acceptors (Lipinski definition) is 5. The Kier molecular flexibility index (Phi) is 5.86.